The van der Waals surface area contributed by atoms with Gasteiger partial charge in [-0.2, -0.15) is 0 Å². The van der Waals surface area contributed by atoms with E-state index in [2.05, 4.69) is 36.2 Å². The second-order valence-electron chi connectivity index (χ2n) is 7.47. The van der Waals surface area contributed by atoms with Gasteiger partial charge in [-0.05, 0) is 30.9 Å². The Bertz CT molecular complexity index is 592. The molecule has 0 amide bonds. The Morgan fingerprint density at radius 2 is 1.62 bits per heavy atom. The monoisotopic (exact) mass is 356 g/mol. The summed E-state index contributed by atoms with van der Waals surface area (Å²) in [6.07, 6.45) is 18.3. The van der Waals surface area contributed by atoms with Gasteiger partial charge in [-0.1, -0.05) is 82.6 Å². The molecule has 2 rings (SSSR count). The Labute approximate surface area is 159 Å². The lowest BCUT2D eigenvalue weighted by molar-refractivity contribution is 0.148. The summed E-state index contributed by atoms with van der Waals surface area (Å²) in [7, 11) is 0. The fraction of sp³-hybridized carbons (Fsp3) is 0.609. The summed E-state index contributed by atoms with van der Waals surface area (Å²) in [5.41, 5.74) is 2.58. The molecule has 0 bridgehead atoms. The van der Waals surface area contributed by atoms with Crippen LogP contribution in [0.25, 0.3) is 0 Å². The van der Waals surface area contributed by atoms with Crippen molar-refractivity contribution < 1.29 is 5.11 Å². The molecule has 0 saturated carbocycles. The standard InChI is InChI=1S/C23H36N2O/c1-3-4-5-6-7-8-9-10-11-14-21-15-12-13-16-22(21)23(20(2)26)25-18-17-24-19-25/h12-13,15-20,23,26H,3-11,14H2,1-2H3. The minimum Gasteiger partial charge on any atom is -0.391 e. The number of imidazole rings is 1. The molecule has 144 valence electrons. The average Bonchev–Trinajstić information content (AvgIpc) is 3.15. The molecular formula is C23H36N2O. The summed E-state index contributed by atoms with van der Waals surface area (Å²) in [5, 5.41) is 10.3. The summed E-state index contributed by atoms with van der Waals surface area (Å²) in [4.78, 5) is 4.15. The van der Waals surface area contributed by atoms with Crippen LogP contribution in [0.15, 0.2) is 43.0 Å². The predicted octanol–water partition coefficient (Wildman–Crippen LogP) is 5.93. The van der Waals surface area contributed by atoms with Crippen LogP contribution in [0.1, 0.15) is 88.8 Å². The largest absolute Gasteiger partial charge is 0.391 e. The van der Waals surface area contributed by atoms with Crippen molar-refractivity contribution in [2.75, 3.05) is 0 Å². The number of hydrogen-bond acceptors (Lipinski definition) is 2. The van der Waals surface area contributed by atoms with Crippen LogP contribution in [-0.2, 0) is 6.42 Å². The van der Waals surface area contributed by atoms with Crippen LogP contribution < -0.4 is 0 Å². The number of benzene rings is 1. The van der Waals surface area contributed by atoms with E-state index in [0.29, 0.717) is 0 Å². The van der Waals surface area contributed by atoms with Crippen molar-refractivity contribution in [2.45, 2.75) is 90.2 Å². The molecule has 1 aromatic carbocycles. The first-order chi connectivity index (χ1) is 12.7. The summed E-state index contributed by atoms with van der Waals surface area (Å²) in [6, 6.07) is 8.49. The molecule has 26 heavy (non-hydrogen) atoms. The first-order valence-electron chi connectivity index (χ1n) is 10.5. The van der Waals surface area contributed by atoms with E-state index in [1.807, 2.05) is 17.7 Å². The maximum absolute atomic E-state index is 10.3. The van der Waals surface area contributed by atoms with Crippen LogP contribution in [0.4, 0.5) is 0 Å². The SMILES string of the molecule is CCCCCCCCCCCc1ccccc1C(C(C)O)n1ccnc1. The van der Waals surface area contributed by atoms with E-state index in [1.165, 1.54) is 68.9 Å². The van der Waals surface area contributed by atoms with Crippen LogP contribution in [0.3, 0.4) is 0 Å². The molecule has 0 aliphatic rings. The molecule has 2 aromatic rings. The zero-order chi connectivity index (χ0) is 18.6. The van der Waals surface area contributed by atoms with E-state index < -0.39 is 6.10 Å². The number of aromatic nitrogens is 2. The Kier molecular flexibility index (Phi) is 9.47. The number of unbranched alkanes of at least 4 members (excludes halogenated alkanes) is 8. The van der Waals surface area contributed by atoms with Gasteiger partial charge in [-0.25, -0.2) is 4.98 Å². The van der Waals surface area contributed by atoms with Crippen molar-refractivity contribution in [3.05, 3.63) is 54.1 Å². The lowest BCUT2D eigenvalue weighted by Crippen LogP contribution is -2.23. The molecule has 1 heterocycles. The Hall–Kier alpha value is -1.61. The van der Waals surface area contributed by atoms with Gasteiger partial charge in [-0.15, -0.1) is 0 Å². The molecule has 0 aliphatic carbocycles. The number of aryl methyl sites for hydroxylation is 1. The third-order valence-electron chi connectivity index (χ3n) is 5.23. The Balaban J connectivity index is 1.83. The van der Waals surface area contributed by atoms with E-state index in [4.69, 9.17) is 0 Å². The Morgan fingerprint density at radius 3 is 2.23 bits per heavy atom. The van der Waals surface area contributed by atoms with Crippen molar-refractivity contribution in [3.63, 3.8) is 0 Å². The molecule has 0 fully saturated rings. The van der Waals surface area contributed by atoms with Crippen molar-refractivity contribution in [1.29, 1.82) is 0 Å². The summed E-state index contributed by atoms with van der Waals surface area (Å²) in [6.45, 7) is 4.13. The first kappa shape index (κ1) is 20.7. The van der Waals surface area contributed by atoms with Crippen LogP contribution in [0.5, 0.6) is 0 Å². The highest BCUT2D eigenvalue weighted by Crippen LogP contribution is 2.26. The van der Waals surface area contributed by atoms with Gasteiger partial charge in [0.2, 0.25) is 0 Å². The van der Waals surface area contributed by atoms with Gasteiger partial charge in [0.05, 0.1) is 18.5 Å². The van der Waals surface area contributed by atoms with Crippen LogP contribution in [-0.4, -0.2) is 20.8 Å². The third-order valence-corrected chi connectivity index (χ3v) is 5.23. The van der Waals surface area contributed by atoms with Crippen LogP contribution in [0.2, 0.25) is 0 Å². The second kappa shape index (κ2) is 11.9. The highest BCUT2D eigenvalue weighted by Gasteiger charge is 2.21. The molecule has 0 aliphatic heterocycles. The Morgan fingerprint density at radius 1 is 0.962 bits per heavy atom. The molecular weight excluding hydrogens is 320 g/mol. The lowest BCUT2D eigenvalue weighted by atomic mass is 9.93. The molecule has 3 nitrogen and oxygen atoms in total. The summed E-state index contributed by atoms with van der Waals surface area (Å²) in [5.74, 6) is 0. The molecule has 0 spiro atoms. The molecule has 1 aromatic heterocycles. The number of hydrogen-bond donors (Lipinski definition) is 1. The van der Waals surface area contributed by atoms with Gasteiger partial charge in [-0.3, -0.25) is 0 Å². The van der Waals surface area contributed by atoms with E-state index in [0.717, 1.165) is 6.42 Å². The minimum atomic E-state index is -0.450. The van der Waals surface area contributed by atoms with Crippen LogP contribution in [0, 0.1) is 0 Å². The summed E-state index contributed by atoms with van der Waals surface area (Å²) < 4.78 is 2.01. The van der Waals surface area contributed by atoms with E-state index in [-0.39, 0.29) is 6.04 Å². The predicted molar refractivity (Wildman–Crippen MR) is 109 cm³/mol. The van der Waals surface area contributed by atoms with Crippen molar-refractivity contribution in [2.24, 2.45) is 0 Å². The normalized spacial score (nSPS) is 13.7. The highest BCUT2D eigenvalue weighted by molar-refractivity contribution is 5.31. The smallest absolute Gasteiger partial charge is 0.0952 e. The van der Waals surface area contributed by atoms with E-state index in [9.17, 15) is 5.11 Å². The fourth-order valence-electron chi connectivity index (χ4n) is 3.78. The van der Waals surface area contributed by atoms with Gasteiger partial charge in [0.15, 0.2) is 0 Å². The second-order valence-corrected chi connectivity index (χ2v) is 7.47. The topological polar surface area (TPSA) is 38.0 Å². The van der Waals surface area contributed by atoms with Gasteiger partial charge >= 0.3 is 0 Å². The molecule has 3 heteroatoms. The van der Waals surface area contributed by atoms with E-state index in [1.54, 1.807) is 12.5 Å². The molecule has 0 radical (unpaired) electrons. The first-order valence-corrected chi connectivity index (χ1v) is 10.5. The molecule has 2 atom stereocenters. The van der Waals surface area contributed by atoms with E-state index >= 15 is 0 Å². The number of rotatable bonds is 13. The quantitative estimate of drug-likeness (QED) is 0.452. The number of aliphatic hydroxyl groups is 1. The van der Waals surface area contributed by atoms with Gasteiger partial charge in [0.25, 0.3) is 0 Å². The molecule has 1 N–H and O–H groups in total. The van der Waals surface area contributed by atoms with Crippen molar-refractivity contribution in [1.82, 2.24) is 9.55 Å². The number of nitrogens with zero attached hydrogens (tertiary/aromatic N) is 2. The third kappa shape index (κ3) is 6.60. The molecule has 2 unspecified atom stereocenters. The van der Waals surface area contributed by atoms with Gasteiger partial charge in [0, 0.05) is 12.4 Å². The average molecular weight is 357 g/mol. The maximum Gasteiger partial charge on any atom is 0.0952 e. The minimum absolute atomic E-state index is 0.0627. The van der Waals surface area contributed by atoms with Gasteiger partial charge in [0.1, 0.15) is 0 Å². The highest BCUT2D eigenvalue weighted by atomic mass is 16.3. The van der Waals surface area contributed by atoms with Crippen LogP contribution >= 0.6 is 0 Å². The maximum atomic E-state index is 10.3. The summed E-state index contributed by atoms with van der Waals surface area (Å²) >= 11 is 0. The zero-order valence-electron chi connectivity index (χ0n) is 16.6. The van der Waals surface area contributed by atoms with Crippen molar-refractivity contribution in [3.8, 4) is 0 Å². The zero-order valence-corrected chi connectivity index (χ0v) is 16.6. The van der Waals surface area contributed by atoms with Crippen molar-refractivity contribution >= 4 is 0 Å². The lowest BCUT2D eigenvalue weighted by Gasteiger charge is -2.24. The van der Waals surface area contributed by atoms with Gasteiger partial charge < -0.3 is 9.67 Å². The fourth-order valence-corrected chi connectivity index (χ4v) is 3.78. The molecule has 0 saturated heterocycles. The number of aliphatic hydroxyl groups excluding tert-OH is 1.